The third-order valence-electron chi connectivity index (χ3n) is 6.15. The van der Waals surface area contributed by atoms with Crippen LogP contribution in [0, 0.1) is 11.8 Å². The number of hydrogen-bond donors (Lipinski definition) is 3. The van der Waals surface area contributed by atoms with E-state index in [0.717, 1.165) is 23.9 Å². The third-order valence-corrected chi connectivity index (χ3v) is 6.39. The minimum atomic E-state index is -0.547. The van der Waals surface area contributed by atoms with Gasteiger partial charge in [0.25, 0.3) is 0 Å². The number of Topliss-reactive ketones (excluding diaryl/α,β-unsaturated/α-hetero) is 1. The number of aliphatic hydroxyl groups is 1. The average Bonchev–Trinajstić information content (AvgIpc) is 3.35. The van der Waals surface area contributed by atoms with Crippen molar-refractivity contribution in [1.29, 1.82) is 0 Å². The zero-order valence-electron chi connectivity index (χ0n) is 19.8. The molecule has 0 saturated carbocycles. The molecule has 0 saturated heterocycles. The van der Waals surface area contributed by atoms with Gasteiger partial charge in [0, 0.05) is 40.5 Å². The number of pyridine rings is 1. The Morgan fingerprint density at radius 3 is 2.77 bits per heavy atom. The Bertz CT molecular complexity index is 1430. The van der Waals surface area contributed by atoms with Crippen LogP contribution in [0.4, 0.5) is 5.82 Å². The van der Waals surface area contributed by atoms with E-state index >= 15 is 0 Å². The molecule has 2 aromatic carbocycles. The van der Waals surface area contributed by atoms with Gasteiger partial charge in [-0.25, -0.2) is 9.97 Å². The fourth-order valence-electron chi connectivity index (χ4n) is 4.13. The van der Waals surface area contributed by atoms with Crippen LogP contribution in [0.1, 0.15) is 48.2 Å². The van der Waals surface area contributed by atoms with E-state index < -0.39 is 6.10 Å². The number of fused-ring (bicyclic) bond motifs is 2. The molecule has 0 spiro atoms. The van der Waals surface area contributed by atoms with E-state index in [-0.39, 0.29) is 12.2 Å². The number of carbonyl (C=O) groups excluding carboxylic acids is 1. The topological polar surface area (TPSA) is 108 Å². The first-order chi connectivity index (χ1) is 16.9. The summed E-state index contributed by atoms with van der Waals surface area (Å²) in [7, 11) is 0. The third kappa shape index (κ3) is 5.46. The molecule has 0 fully saturated rings. The fourth-order valence-corrected chi connectivity index (χ4v) is 4.30. The molecule has 2 aromatic heterocycles. The van der Waals surface area contributed by atoms with E-state index in [1.807, 2.05) is 12.1 Å². The lowest BCUT2D eigenvalue weighted by Crippen LogP contribution is -2.32. The summed E-state index contributed by atoms with van der Waals surface area (Å²) in [5.74, 6) is 6.54. The Labute approximate surface area is 209 Å². The van der Waals surface area contributed by atoms with Gasteiger partial charge in [0.15, 0.2) is 5.78 Å². The zero-order chi connectivity index (χ0) is 24.9. The number of aromatic nitrogens is 3. The second-order valence-electron chi connectivity index (χ2n) is 8.39. The zero-order valence-corrected chi connectivity index (χ0v) is 20.6. The van der Waals surface area contributed by atoms with Crippen molar-refractivity contribution in [2.75, 3.05) is 25.4 Å². The van der Waals surface area contributed by atoms with E-state index in [0.29, 0.717) is 51.5 Å². The van der Waals surface area contributed by atoms with Crippen LogP contribution in [0.3, 0.4) is 0 Å². The number of aromatic amines is 1. The molecule has 0 aliphatic rings. The lowest BCUT2D eigenvalue weighted by Gasteiger charge is -2.21. The molecule has 1 atom stereocenters. The van der Waals surface area contributed by atoms with Gasteiger partial charge in [0.2, 0.25) is 0 Å². The maximum atomic E-state index is 13.0. The Morgan fingerprint density at radius 2 is 2.00 bits per heavy atom. The molecule has 2 heterocycles. The average molecular weight is 490 g/mol. The number of nitrogens with one attached hydrogen (secondary N) is 1. The largest absolute Gasteiger partial charge is 0.392 e. The molecular formula is C27H28ClN5O2. The lowest BCUT2D eigenvalue weighted by molar-refractivity contribution is 0.0878. The van der Waals surface area contributed by atoms with Crippen molar-refractivity contribution < 1.29 is 9.90 Å². The smallest absolute Gasteiger partial charge is 0.165 e. The van der Waals surface area contributed by atoms with Crippen molar-refractivity contribution in [3.05, 3.63) is 64.6 Å². The molecule has 180 valence electrons. The highest BCUT2D eigenvalue weighted by molar-refractivity contribution is 6.31. The summed E-state index contributed by atoms with van der Waals surface area (Å²) in [6.45, 7) is 6.41. The van der Waals surface area contributed by atoms with Crippen molar-refractivity contribution in [2.45, 2.75) is 32.8 Å². The van der Waals surface area contributed by atoms with Crippen LogP contribution in [-0.2, 0) is 0 Å². The van der Waals surface area contributed by atoms with Crippen molar-refractivity contribution in [1.82, 2.24) is 19.9 Å². The normalized spacial score (nSPS) is 12.1. The SMILES string of the molecule is CCN(CC)CC(O)CCC(=O)c1ccc(C#Cc2c(N)ncc3ccc(Cl)cc23)c2nc[nH]c12. The van der Waals surface area contributed by atoms with Gasteiger partial charge in [-0.15, -0.1) is 0 Å². The number of carbonyl (C=O) groups is 1. The van der Waals surface area contributed by atoms with Crippen LogP contribution < -0.4 is 5.73 Å². The lowest BCUT2D eigenvalue weighted by atomic mass is 10.0. The molecule has 0 aliphatic heterocycles. The maximum Gasteiger partial charge on any atom is 0.165 e. The standard InChI is InChI=1S/C27H28ClN5O2/c1-3-33(4-2)15-20(34)9-12-24(35)22-11-7-17(25-26(22)32-16-31-25)6-10-21-23-13-19(28)8-5-18(23)14-30-27(21)29/h5,7-8,11,13-14,16,20,34H,3-4,9,12,15H2,1-2H3,(H2,29,30)(H,31,32). The van der Waals surface area contributed by atoms with E-state index in [1.165, 1.54) is 0 Å². The Balaban J connectivity index is 1.59. The van der Waals surface area contributed by atoms with Crippen molar-refractivity contribution in [3.8, 4) is 11.8 Å². The number of anilines is 1. The molecule has 35 heavy (non-hydrogen) atoms. The number of hydrogen-bond acceptors (Lipinski definition) is 6. The van der Waals surface area contributed by atoms with Crippen LogP contribution in [0.5, 0.6) is 0 Å². The number of halogens is 1. The number of rotatable bonds is 8. The number of nitrogens with zero attached hydrogens (tertiary/aromatic N) is 3. The summed E-state index contributed by atoms with van der Waals surface area (Å²) in [6.07, 6.45) is 3.35. The predicted molar refractivity (Wildman–Crippen MR) is 141 cm³/mol. The van der Waals surface area contributed by atoms with Gasteiger partial charge < -0.3 is 20.7 Å². The monoisotopic (exact) mass is 489 g/mol. The second-order valence-corrected chi connectivity index (χ2v) is 8.82. The molecule has 4 N–H and O–H groups in total. The molecule has 4 rings (SSSR count). The second kappa shape index (κ2) is 10.9. The van der Waals surface area contributed by atoms with Crippen LogP contribution in [0.25, 0.3) is 21.8 Å². The van der Waals surface area contributed by atoms with Crippen LogP contribution in [0.15, 0.2) is 42.9 Å². The number of aliphatic hydroxyl groups excluding tert-OH is 1. The molecule has 4 aromatic rings. The van der Waals surface area contributed by atoms with Gasteiger partial charge >= 0.3 is 0 Å². The molecule has 0 bridgehead atoms. The first kappa shape index (κ1) is 24.7. The van der Waals surface area contributed by atoms with Crippen molar-refractivity contribution in [2.24, 2.45) is 0 Å². The predicted octanol–water partition coefficient (Wildman–Crippen LogP) is 4.41. The van der Waals surface area contributed by atoms with Gasteiger partial charge in [0.05, 0.1) is 29.1 Å². The van der Waals surface area contributed by atoms with Crippen molar-refractivity contribution >= 4 is 45.0 Å². The quantitative estimate of drug-likeness (QED) is 0.250. The van der Waals surface area contributed by atoms with Gasteiger partial charge in [-0.05, 0) is 43.8 Å². The summed E-state index contributed by atoms with van der Waals surface area (Å²) in [5.41, 5.74) is 9.15. The Hall–Kier alpha value is -3.44. The first-order valence-corrected chi connectivity index (χ1v) is 12.0. The fraction of sp³-hybridized carbons (Fsp3) is 0.296. The van der Waals surface area contributed by atoms with Crippen LogP contribution >= 0.6 is 11.6 Å². The summed E-state index contributed by atoms with van der Waals surface area (Å²) >= 11 is 6.18. The van der Waals surface area contributed by atoms with E-state index in [4.69, 9.17) is 17.3 Å². The summed E-state index contributed by atoms with van der Waals surface area (Å²) in [5, 5.41) is 12.6. The van der Waals surface area contributed by atoms with E-state index in [1.54, 1.807) is 30.7 Å². The van der Waals surface area contributed by atoms with Crippen molar-refractivity contribution in [3.63, 3.8) is 0 Å². The van der Waals surface area contributed by atoms with E-state index in [9.17, 15) is 9.90 Å². The Kier molecular flexibility index (Phi) is 7.67. The highest BCUT2D eigenvalue weighted by atomic mass is 35.5. The number of likely N-dealkylation sites (N-methyl/N-ethyl adjacent to an activating group) is 1. The maximum absolute atomic E-state index is 13.0. The molecule has 0 radical (unpaired) electrons. The molecule has 0 aliphatic carbocycles. The molecule has 8 heteroatoms. The number of ketones is 1. The molecule has 0 amide bonds. The minimum Gasteiger partial charge on any atom is -0.392 e. The highest BCUT2D eigenvalue weighted by Gasteiger charge is 2.17. The highest BCUT2D eigenvalue weighted by Crippen LogP contribution is 2.26. The number of H-pyrrole nitrogens is 1. The van der Waals surface area contributed by atoms with Gasteiger partial charge in [-0.2, -0.15) is 0 Å². The summed E-state index contributed by atoms with van der Waals surface area (Å²) in [4.78, 5) is 26.8. The van der Waals surface area contributed by atoms with Crippen LogP contribution in [-0.4, -0.2) is 56.5 Å². The molecule has 1 unspecified atom stereocenters. The van der Waals surface area contributed by atoms with Gasteiger partial charge in [-0.3, -0.25) is 4.79 Å². The van der Waals surface area contributed by atoms with E-state index in [2.05, 4.69) is 45.5 Å². The number of nitrogen functional groups attached to an aromatic ring is 1. The van der Waals surface area contributed by atoms with Gasteiger partial charge in [0.1, 0.15) is 11.3 Å². The van der Waals surface area contributed by atoms with Crippen LogP contribution in [0.2, 0.25) is 5.02 Å². The summed E-state index contributed by atoms with van der Waals surface area (Å²) < 4.78 is 0. The summed E-state index contributed by atoms with van der Waals surface area (Å²) in [6, 6.07) is 9.04. The Morgan fingerprint density at radius 1 is 1.20 bits per heavy atom. The van der Waals surface area contributed by atoms with Gasteiger partial charge in [-0.1, -0.05) is 43.4 Å². The number of imidazole rings is 1. The number of benzene rings is 2. The number of nitrogens with two attached hydrogens (primary N) is 1. The molecule has 7 nitrogen and oxygen atoms in total. The minimum absolute atomic E-state index is 0.0468. The first-order valence-electron chi connectivity index (χ1n) is 11.7. The molecular weight excluding hydrogens is 462 g/mol.